The lowest BCUT2D eigenvalue weighted by Gasteiger charge is -2.30. The molecule has 23 heavy (non-hydrogen) atoms. The maximum Gasteiger partial charge on any atom is 0.272 e. The van der Waals surface area contributed by atoms with Gasteiger partial charge in [-0.1, -0.05) is 6.92 Å². The molecule has 2 saturated heterocycles. The molecule has 1 atom stereocenters. The average Bonchev–Trinajstić information content (AvgIpc) is 2.87. The van der Waals surface area contributed by atoms with Crippen LogP contribution in [0.2, 0.25) is 0 Å². The van der Waals surface area contributed by atoms with Crippen molar-refractivity contribution >= 4 is 21.6 Å². The van der Waals surface area contributed by atoms with Crippen molar-refractivity contribution in [2.24, 2.45) is 5.92 Å². The first-order valence-corrected chi connectivity index (χ1v) is 9.85. The summed E-state index contributed by atoms with van der Waals surface area (Å²) in [6.07, 6.45) is 2.74. The van der Waals surface area contributed by atoms with Gasteiger partial charge in [0.1, 0.15) is 0 Å². The number of carbonyl (C=O) groups is 1. The van der Waals surface area contributed by atoms with Crippen LogP contribution in [0.4, 0.5) is 5.82 Å². The highest BCUT2D eigenvalue weighted by molar-refractivity contribution is 7.91. The van der Waals surface area contributed by atoms with E-state index in [0.29, 0.717) is 6.42 Å². The Morgan fingerprint density at radius 1 is 1.22 bits per heavy atom. The number of hydrogen-bond acceptors (Lipinski definition) is 6. The molecule has 1 aromatic rings. The van der Waals surface area contributed by atoms with Gasteiger partial charge in [0, 0.05) is 19.1 Å². The van der Waals surface area contributed by atoms with E-state index in [0.717, 1.165) is 37.7 Å². The smallest absolute Gasteiger partial charge is 0.272 e. The zero-order valence-electron chi connectivity index (χ0n) is 13.2. The molecule has 1 amide bonds. The molecule has 0 radical (unpaired) electrons. The number of piperidine rings is 1. The predicted molar refractivity (Wildman–Crippen MR) is 87.2 cm³/mol. The first-order valence-electron chi connectivity index (χ1n) is 8.03. The van der Waals surface area contributed by atoms with Gasteiger partial charge in [0.25, 0.3) is 5.91 Å². The summed E-state index contributed by atoms with van der Waals surface area (Å²) in [5.41, 5.74) is 0.225. The molecule has 1 N–H and O–H groups in total. The van der Waals surface area contributed by atoms with Gasteiger partial charge in [-0.15, -0.1) is 10.2 Å². The van der Waals surface area contributed by atoms with Crippen LogP contribution in [0.1, 0.15) is 36.7 Å². The Hall–Kier alpha value is -1.70. The van der Waals surface area contributed by atoms with E-state index in [2.05, 4.69) is 27.3 Å². The highest BCUT2D eigenvalue weighted by Gasteiger charge is 2.29. The number of nitrogens with zero attached hydrogens (tertiary/aromatic N) is 3. The number of anilines is 1. The highest BCUT2D eigenvalue weighted by Crippen LogP contribution is 2.20. The molecule has 2 aliphatic heterocycles. The van der Waals surface area contributed by atoms with Crippen molar-refractivity contribution in [1.82, 2.24) is 15.5 Å². The molecule has 0 bridgehead atoms. The first kappa shape index (κ1) is 16.2. The van der Waals surface area contributed by atoms with Crippen LogP contribution in [0.5, 0.6) is 0 Å². The fourth-order valence-corrected chi connectivity index (χ4v) is 4.69. The first-order chi connectivity index (χ1) is 10.9. The van der Waals surface area contributed by atoms with Crippen molar-refractivity contribution in [3.8, 4) is 0 Å². The van der Waals surface area contributed by atoms with Crippen molar-refractivity contribution in [3.63, 3.8) is 0 Å². The molecule has 3 heterocycles. The molecular weight excluding hydrogens is 316 g/mol. The second-order valence-electron chi connectivity index (χ2n) is 6.52. The third-order valence-corrected chi connectivity index (χ3v) is 6.33. The van der Waals surface area contributed by atoms with Crippen LogP contribution in [0, 0.1) is 5.92 Å². The lowest BCUT2D eigenvalue weighted by atomic mass is 9.99. The summed E-state index contributed by atoms with van der Waals surface area (Å²) >= 11 is 0. The van der Waals surface area contributed by atoms with Gasteiger partial charge in [-0.3, -0.25) is 4.79 Å². The van der Waals surface area contributed by atoms with E-state index in [9.17, 15) is 13.2 Å². The monoisotopic (exact) mass is 338 g/mol. The molecular formula is C15H22N4O3S. The fourth-order valence-electron chi connectivity index (χ4n) is 3.02. The summed E-state index contributed by atoms with van der Waals surface area (Å²) in [5.74, 6) is 1.31. The van der Waals surface area contributed by atoms with E-state index < -0.39 is 9.84 Å². The molecule has 1 aromatic heterocycles. The second-order valence-corrected chi connectivity index (χ2v) is 8.75. The van der Waals surface area contributed by atoms with E-state index in [4.69, 9.17) is 0 Å². The van der Waals surface area contributed by atoms with Crippen LogP contribution in [0.3, 0.4) is 0 Å². The minimum Gasteiger partial charge on any atom is -0.355 e. The topological polar surface area (TPSA) is 92.3 Å². The number of rotatable bonds is 3. The minimum absolute atomic E-state index is 0.0101. The van der Waals surface area contributed by atoms with Gasteiger partial charge in [0.2, 0.25) is 0 Å². The Kier molecular flexibility index (Phi) is 4.52. The zero-order valence-corrected chi connectivity index (χ0v) is 14.1. The van der Waals surface area contributed by atoms with Crippen LogP contribution in [-0.4, -0.2) is 55.2 Å². The zero-order chi connectivity index (χ0) is 16.4. The summed E-state index contributed by atoms with van der Waals surface area (Å²) in [5, 5.41) is 10.9. The molecule has 1 unspecified atom stereocenters. The van der Waals surface area contributed by atoms with E-state index in [1.165, 1.54) is 0 Å². The number of sulfone groups is 1. The fraction of sp³-hybridized carbons (Fsp3) is 0.667. The summed E-state index contributed by atoms with van der Waals surface area (Å²) in [4.78, 5) is 14.3. The van der Waals surface area contributed by atoms with Gasteiger partial charge >= 0.3 is 0 Å². The minimum atomic E-state index is -3.01. The summed E-state index contributed by atoms with van der Waals surface area (Å²) in [7, 11) is -3.01. The SMILES string of the molecule is CC1CCN(c2ccc(C(=O)NC3CCS(=O)(=O)C3)nn2)CC1. The molecule has 2 aliphatic rings. The van der Waals surface area contributed by atoms with Crippen molar-refractivity contribution < 1.29 is 13.2 Å². The summed E-state index contributed by atoms with van der Waals surface area (Å²) < 4.78 is 22.8. The van der Waals surface area contributed by atoms with Crippen LogP contribution >= 0.6 is 0 Å². The highest BCUT2D eigenvalue weighted by atomic mass is 32.2. The number of aromatic nitrogens is 2. The van der Waals surface area contributed by atoms with Gasteiger partial charge in [0.15, 0.2) is 21.3 Å². The van der Waals surface area contributed by atoms with Crippen molar-refractivity contribution in [1.29, 1.82) is 0 Å². The average molecular weight is 338 g/mol. The Morgan fingerprint density at radius 3 is 2.52 bits per heavy atom. The normalized spacial score (nSPS) is 24.6. The van der Waals surface area contributed by atoms with Crippen molar-refractivity contribution in [2.45, 2.75) is 32.2 Å². The van der Waals surface area contributed by atoms with E-state index >= 15 is 0 Å². The standard InChI is InChI=1S/C15H22N4O3S/c1-11-4-7-19(8-5-11)14-3-2-13(17-18-14)15(20)16-12-6-9-23(21,22)10-12/h2-3,11-12H,4-10H2,1H3,(H,16,20). The number of hydrogen-bond donors (Lipinski definition) is 1. The molecule has 3 rings (SSSR count). The van der Waals surface area contributed by atoms with Gasteiger partial charge in [0.05, 0.1) is 11.5 Å². The Labute approximate surface area is 136 Å². The molecule has 7 nitrogen and oxygen atoms in total. The Balaban J connectivity index is 1.59. The Bertz CT molecular complexity index is 666. The molecule has 0 saturated carbocycles. The summed E-state index contributed by atoms with van der Waals surface area (Å²) in [6, 6.07) is 3.14. The van der Waals surface area contributed by atoms with Gasteiger partial charge in [-0.2, -0.15) is 0 Å². The Morgan fingerprint density at radius 2 is 1.96 bits per heavy atom. The molecule has 8 heteroatoms. The molecule has 2 fully saturated rings. The lowest BCUT2D eigenvalue weighted by Crippen LogP contribution is -2.36. The quantitative estimate of drug-likeness (QED) is 0.869. The predicted octanol–water partition coefficient (Wildman–Crippen LogP) is 0.630. The maximum absolute atomic E-state index is 12.1. The molecule has 0 aromatic carbocycles. The third-order valence-electron chi connectivity index (χ3n) is 4.56. The largest absolute Gasteiger partial charge is 0.355 e. The van der Waals surface area contributed by atoms with Crippen LogP contribution in [0.25, 0.3) is 0 Å². The van der Waals surface area contributed by atoms with Crippen LogP contribution in [0.15, 0.2) is 12.1 Å². The number of carbonyl (C=O) groups excluding carboxylic acids is 1. The molecule has 0 aliphatic carbocycles. The van der Waals surface area contributed by atoms with Crippen LogP contribution in [-0.2, 0) is 9.84 Å². The van der Waals surface area contributed by atoms with E-state index in [1.807, 2.05) is 6.07 Å². The van der Waals surface area contributed by atoms with Gasteiger partial charge in [-0.05, 0) is 37.3 Å². The lowest BCUT2D eigenvalue weighted by molar-refractivity contribution is 0.0935. The summed E-state index contributed by atoms with van der Waals surface area (Å²) in [6.45, 7) is 4.17. The molecule has 126 valence electrons. The van der Waals surface area contributed by atoms with Crippen LogP contribution < -0.4 is 10.2 Å². The third kappa shape index (κ3) is 3.99. The number of nitrogens with one attached hydrogen (secondary N) is 1. The van der Waals surface area contributed by atoms with Crippen molar-refractivity contribution in [2.75, 3.05) is 29.5 Å². The molecule has 0 spiro atoms. The van der Waals surface area contributed by atoms with Gasteiger partial charge < -0.3 is 10.2 Å². The maximum atomic E-state index is 12.1. The number of amides is 1. The van der Waals surface area contributed by atoms with Crippen molar-refractivity contribution in [3.05, 3.63) is 17.8 Å². The van der Waals surface area contributed by atoms with Gasteiger partial charge in [-0.25, -0.2) is 8.42 Å². The van der Waals surface area contributed by atoms with E-state index in [1.54, 1.807) is 6.07 Å². The van der Waals surface area contributed by atoms with E-state index in [-0.39, 0.29) is 29.1 Å². The second kappa shape index (κ2) is 6.43.